The van der Waals surface area contributed by atoms with Gasteiger partial charge in [-0.15, -0.1) is 0 Å². The molecule has 0 aliphatic carbocycles. The van der Waals surface area contributed by atoms with Crippen LogP contribution in [0.3, 0.4) is 0 Å². The third kappa shape index (κ3) is 10.3. The van der Waals surface area contributed by atoms with Gasteiger partial charge in [0.15, 0.2) is 34.4 Å². The minimum Gasteiger partial charge on any atom is -0.741 e. The Morgan fingerprint density at radius 3 is 2.21 bits per heavy atom. The Bertz CT molecular complexity index is 1280. The number of alkyl halides is 3. The Morgan fingerprint density at radius 2 is 1.72 bits per heavy atom. The lowest BCUT2D eigenvalue weighted by molar-refractivity contribution is -0.766. The fraction of sp³-hybridized carbons (Fsp3) is 0.680. The summed E-state index contributed by atoms with van der Waals surface area (Å²) in [6, 6.07) is 2.38. The molecule has 2 aliphatic heterocycles. The van der Waals surface area contributed by atoms with Crippen LogP contribution in [0, 0.1) is 5.92 Å². The number of primary amides is 1. The second-order valence-corrected chi connectivity index (χ2v) is 12.8. The summed E-state index contributed by atoms with van der Waals surface area (Å²) in [7, 11) is -6.09. The van der Waals surface area contributed by atoms with Crippen molar-refractivity contribution in [2.24, 2.45) is 11.7 Å². The topological polar surface area (TPSA) is 196 Å². The normalized spacial score (nSPS) is 23.9. The predicted octanol–water partition coefficient (Wildman–Crippen LogP) is 1.63. The van der Waals surface area contributed by atoms with Gasteiger partial charge in [0.25, 0.3) is 12.1 Å². The molecule has 14 nitrogen and oxygen atoms in total. The summed E-state index contributed by atoms with van der Waals surface area (Å²) in [6.45, 7) is 12.3. The number of nitrogens with zero attached hydrogens (tertiary/aromatic N) is 1. The number of hydrogen-bond donors (Lipinski definition) is 2. The van der Waals surface area contributed by atoms with E-state index in [0.717, 1.165) is 0 Å². The largest absolute Gasteiger partial charge is 0.741 e. The highest BCUT2D eigenvalue weighted by Crippen LogP contribution is 2.41. The van der Waals surface area contributed by atoms with Crippen molar-refractivity contribution in [3.8, 4) is 0 Å². The maximum atomic E-state index is 12.9. The third-order valence-corrected chi connectivity index (χ3v) is 6.36. The zero-order chi connectivity index (χ0) is 33.1. The molecule has 1 aromatic heterocycles. The number of nitrogens with one attached hydrogen (secondary N) is 1. The first-order chi connectivity index (χ1) is 19.4. The van der Waals surface area contributed by atoms with Crippen LogP contribution in [0.4, 0.5) is 18.0 Å². The van der Waals surface area contributed by atoms with Crippen LogP contribution in [0.1, 0.15) is 65.1 Å². The second kappa shape index (κ2) is 13.3. The average molecular weight is 644 g/mol. The summed E-state index contributed by atoms with van der Waals surface area (Å²) in [5.41, 5.74) is -0.618. The van der Waals surface area contributed by atoms with E-state index in [2.05, 4.69) is 5.32 Å². The number of fused-ring (bicyclic) bond motifs is 1. The summed E-state index contributed by atoms with van der Waals surface area (Å²) < 4.78 is 89.7. The molecule has 5 atom stereocenters. The van der Waals surface area contributed by atoms with E-state index < -0.39 is 75.6 Å². The maximum absolute atomic E-state index is 12.9. The van der Waals surface area contributed by atoms with E-state index in [4.69, 9.17) is 42.4 Å². The lowest BCUT2D eigenvalue weighted by atomic mass is 10.1. The first-order valence-electron chi connectivity index (χ1n) is 12.9. The zero-order valence-corrected chi connectivity index (χ0v) is 25.4. The zero-order valence-electron chi connectivity index (χ0n) is 24.5. The summed E-state index contributed by atoms with van der Waals surface area (Å²) in [4.78, 5) is 36.7. The molecule has 0 aromatic carbocycles. The van der Waals surface area contributed by atoms with Crippen molar-refractivity contribution in [2.45, 2.75) is 95.9 Å². The van der Waals surface area contributed by atoms with Gasteiger partial charge in [-0.1, -0.05) is 13.8 Å². The number of carbonyl (C=O) groups is 3. The number of rotatable bonds is 7. The van der Waals surface area contributed by atoms with Crippen LogP contribution in [0.25, 0.3) is 0 Å². The number of amides is 2. The molecule has 2 fully saturated rings. The van der Waals surface area contributed by atoms with Crippen molar-refractivity contribution in [1.29, 1.82) is 0 Å². The number of ether oxygens (including phenoxy) is 5. The summed E-state index contributed by atoms with van der Waals surface area (Å²) in [5, 5.41) is 2.58. The minimum atomic E-state index is -6.09. The monoisotopic (exact) mass is 643 g/mol. The van der Waals surface area contributed by atoms with E-state index in [0.29, 0.717) is 5.56 Å². The van der Waals surface area contributed by atoms with Crippen molar-refractivity contribution >= 4 is 28.1 Å². The molecule has 0 radical (unpaired) electrons. The molecule has 43 heavy (non-hydrogen) atoms. The molecule has 0 unspecified atom stereocenters. The van der Waals surface area contributed by atoms with Gasteiger partial charge in [0.2, 0.25) is 0 Å². The first-order valence-corrected chi connectivity index (χ1v) is 14.3. The number of hydrogen-bond acceptors (Lipinski definition) is 11. The second-order valence-electron chi connectivity index (χ2n) is 11.4. The Kier molecular flexibility index (Phi) is 11.2. The van der Waals surface area contributed by atoms with Crippen molar-refractivity contribution in [3.05, 3.63) is 30.1 Å². The SMILES string of the molecule is CC(C)[C@H](NC(=O)OC(C)(C)C)C(=O)OC[C@H]1O[C@@H]([n+]2cccc(C(N)=O)c2)[C@@H]2OC(C)(C)O[C@@H]21.O=S(=O)([O-])C(F)(F)F. The average Bonchev–Trinajstić information content (AvgIpc) is 3.31. The Balaban J connectivity index is 0.000000708. The van der Waals surface area contributed by atoms with Gasteiger partial charge in [0.1, 0.15) is 36.0 Å². The van der Waals surface area contributed by atoms with Gasteiger partial charge in [0, 0.05) is 6.07 Å². The fourth-order valence-electron chi connectivity index (χ4n) is 4.02. The van der Waals surface area contributed by atoms with Gasteiger partial charge in [0.05, 0.1) is 0 Å². The molecule has 3 N–H and O–H groups in total. The van der Waals surface area contributed by atoms with Crippen molar-refractivity contribution in [1.82, 2.24) is 5.32 Å². The van der Waals surface area contributed by atoms with E-state index >= 15 is 0 Å². The van der Waals surface area contributed by atoms with E-state index in [1.54, 1.807) is 77.6 Å². The molecular weight excluding hydrogens is 607 g/mol. The van der Waals surface area contributed by atoms with Crippen LogP contribution in [0.15, 0.2) is 24.5 Å². The molecule has 3 heterocycles. The molecule has 3 rings (SSSR count). The Labute approximate surface area is 246 Å². The van der Waals surface area contributed by atoms with Crippen LogP contribution >= 0.6 is 0 Å². The highest BCUT2D eigenvalue weighted by molar-refractivity contribution is 7.86. The van der Waals surface area contributed by atoms with Crippen molar-refractivity contribution in [2.75, 3.05) is 6.61 Å². The number of esters is 1. The van der Waals surface area contributed by atoms with Crippen molar-refractivity contribution < 1.29 is 68.8 Å². The molecule has 0 spiro atoms. The molecule has 2 amide bonds. The standard InChI is InChI=1S/C24H35N3O8.CHF3O3S/c1-13(2)16(26-22(30)35-23(3,4)5)21(29)31-12-15-17-18(34-24(6,7)33-17)20(32-15)27-10-8-9-14(11-27)19(25)28;2-1(3,4)8(5,6)7/h8-11,13,15-18,20H,12H2,1-7H3,(H2-,25,26,28,30);(H,5,6,7)/t15-,16+,17-,18-,20-;/m1./s1. The molecule has 1 aromatic rings. The minimum absolute atomic E-state index is 0.120. The molecule has 0 saturated carbocycles. The smallest absolute Gasteiger partial charge is 0.485 e. The van der Waals surface area contributed by atoms with Crippen LogP contribution in [-0.4, -0.2) is 78.8 Å². The summed E-state index contributed by atoms with van der Waals surface area (Å²) in [5.74, 6) is -2.30. The van der Waals surface area contributed by atoms with Gasteiger partial charge in [-0.05, 0) is 46.6 Å². The highest BCUT2D eigenvalue weighted by Gasteiger charge is 2.59. The van der Waals surface area contributed by atoms with Crippen molar-refractivity contribution in [3.63, 3.8) is 0 Å². The van der Waals surface area contributed by atoms with Gasteiger partial charge in [-0.25, -0.2) is 18.0 Å². The summed E-state index contributed by atoms with van der Waals surface area (Å²) in [6.07, 6.45) is 0.293. The van der Waals surface area contributed by atoms with Crippen LogP contribution in [0.2, 0.25) is 0 Å². The van der Waals surface area contributed by atoms with E-state index in [1.165, 1.54) is 0 Å². The van der Waals surface area contributed by atoms with E-state index in [9.17, 15) is 27.6 Å². The highest BCUT2D eigenvalue weighted by atomic mass is 32.2. The number of carbonyl (C=O) groups excluding carboxylic acids is 3. The predicted molar refractivity (Wildman–Crippen MR) is 138 cm³/mol. The number of alkyl carbamates (subject to hydrolysis) is 1. The van der Waals surface area contributed by atoms with Crippen LogP contribution in [-0.2, 0) is 38.6 Å². The molecule has 2 aliphatic rings. The summed E-state index contributed by atoms with van der Waals surface area (Å²) >= 11 is 0. The van der Waals surface area contributed by atoms with Gasteiger partial charge >= 0.3 is 17.6 Å². The third-order valence-electron chi connectivity index (χ3n) is 5.79. The number of nitrogens with two attached hydrogens (primary N) is 1. The Hall–Kier alpha value is -3.06. The lowest BCUT2D eigenvalue weighted by Gasteiger charge is -2.26. The quantitative estimate of drug-likeness (QED) is 0.190. The number of halogens is 3. The number of aromatic nitrogens is 1. The lowest BCUT2D eigenvalue weighted by Crippen LogP contribution is -2.48. The molecule has 2 saturated heterocycles. The van der Waals surface area contributed by atoms with Gasteiger partial charge in [-0.3, -0.25) is 4.79 Å². The number of pyridine rings is 1. The molecule has 0 bridgehead atoms. The van der Waals surface area contributed by atoms with Crippen LogP contribution in [0.5, 0.6) is 0 Å². The Morgan fingerprint density at radius 1 is 1.16 bits per heavy atom. The van der Waals surface area contributed by atoms with Gasteiger partial charge in [-0.2, -0.15) is 17.7 Å². The fourth-order valence-corrected chi connectivity index (χ4v) is 4.02. The maximum Gasteiger partial charge on any atom is 0.485 e. The van der Waals surface area contributed by atoms with Gasteiger partial charge < -0.3 is 39.3 Å². The molecular formula is C25H36F3N3O11S. The first kappa shape index (κ1) is 36.1. The van der Waals surface area contributed by atoms with E-state index in [1.807, 2.05) is 0 Å². The van der Waals surface area contributed by atoms with E-state index in [-0.39, 0.29) is 12.5 Å². The van der Waals surface area contributed by atoms with Crippen LogP contribution < -0.4 is 15.6 Å². The molecule has 18 heteroatoms. The molecule has 244 valence electrons.